The van der Waals surface area contributed by atoms with Gasteiger partial charge in [-0.2, -0.15) is 5.10 Å². The smallest absolute Gasteiger partial charge is 0.255 e. The first-order valence-corrected chi connectivity index (χ1v) is 7.77. The third-order valence-corrected chi connectivity index (χ3v) is 3.78. The van der Waals surface area contributed by atoms with Gasteiger partial charge >= 0.3 is 0 Å². The zero-order chi connectivity index (χ0) is 16.9. The van der Waals surface area contributed by atoms with Crippen LogP contribution >= 0.6 is 0 Å². The minimum atomic E-state index is -0.119. The Hall–Kier alpha value is -3.08. The SMILES string of the molecule is CN(C)c1cccc(C(=O)Nc2ccccc2Cn2cccn2)c1. The number of carbonyl (C=O) groups excluding carboxylic acids is 1. The number of rotatable bonds is 5. The molecule has 0 radical (unpaired) electrons. The van der Waals surface area contributed by atoms with Gasteiger partial charge in [-0.1, -0.05) is 24.3 Å². The van der Waals surface area contributed by atoms with Gasteiger partial charge in [-0.15, -0.1) is 0 Å². The van der Waals surface area contributed by atoms with E-state index in [1.807, 2.05) is 84.5 Å². The van der Waals surface area contributed by atoms with Crippen molar-refractivity contribution in [2.24, 2.45) is 0 Å². The van der Waals surface area contributed by atoms with E-state index < -0.39 is 0 Å². The molecule has 0 aliphatic heterocycles. The first kappa shape index (κ1) is 15.8. The van der Waals surface area contributed by atoms with Gasteiger partial charge in [0.15, 0.2) is 0 Å². The number of nitrogens with zero attached hydrogens (tertiary/aromatic N) is 3. The lowest BCUT2D eigenvalue weighted by atomic mass is 10.1. The van der Waals surface area contributed by atoms with Crippen molar-refractivity contribution in [3.63, 3.8) is 0 Å². The molecule has 0 unspecified atom stereocenters. The van der Waals surface area contributed by atoms with E-state index in [9.17, 15) is 4.79 Å². The lowest BCUT2D eigenvalue weighted by Gasteiger charge is -2.14. The van der Waals surface area contributed by atoms with E-state index in [1.165, 1.54) is 0 Å². The highest BCUT2D eigenvalue weighted by Gasteiger charge is 2.10. The van der Waals surface area contributed by atoms with Gasteiger partial charge in [-0.25, -0.2) is 0 Å². The Morgan fingerprint density at radius 1 is 1.12 bits per heavy atom. The van der Waals surface area contributed by atoms with Crippen molar-refractivity contribution in [2.45, 2.75) is 6.54 Å². The number of carbonyl (C=O) groups is 1. The number of hydrogen-bond donors (Lipinski definition) is 1. The lowest BCUT2D eigenvalue weighted by Crippen LogP contribution is -2.15. The molecule has 2 aromatic carbocycles. The fourth-order valence-electron chi connectivity index (χ4n) is 2.47. The summed E-state index contributed by atoms with van der Waals surface area (Å²) in [5.74, 6) is -0.119. The van der Waals surface area contributed by atoms with Crippen LogP contribution in [-0.4, -0.2) is 29.8 Å². The molecule has 1 amide bonds. The Morgan fingerprint density at radius 2 is 1.96 bits per heavy atom. The number of aromatic nitrogens is 2. The second-order valence-electron chi connectivity index (χ2n) is 5.76. The fourth-order valence-corrected chi connectivity index (χ4v) is 2.47. The van der Waals surface area contributed by atoms with Gasteiger partial charge in [-0.3, -0.25) is 9.48 Å². The third-order valence-electron chi connectivity index (χ3n) is 3.78. The van der Waals surface area contributed by atoms with Gasteiger partial charge in [0.1, 0.15) is 0 Å². The van der Waals surface area contributed by atoms with E-state index in [4.69, 9.17) is 0 Å². The number of para-hydroxylation sites is 1. The largest absolute Gasteiger partial charge is 0.378 e. The maximum absolute atomic E-state index is 12.6. The Labute approximate surface area is 141 Å². The van der Waals surface area contributed by atoms with Gasteiger partial charge in [0, 0.05) is 43.4 Å². The van der Waals surface area contributed by atoms with E-state index in [0.717, 1.165) is 16.9 Å². The molecule has 122 valence electrons. The van der Waals surface area contributed by atoms with Crippen molar-refractivity contribution in [2.75, 3.05) is 24.3 Å². The molecule has 1 N–H and O–H groups in total. The molecule has 1 heterocycles. The van der Waals surface area contributed by atoms with Crippen molar-refractivity contribution in [3.05, 3.63) is 78.1 Å². The molecule has 0 bridgehead atoms. The van der Waals surface area contributed by atoms with Crippen molar-refractivity contribution >= 4 is 17.3 Å². The van der Waals surface area contributed by atoms with Crippen LogP contribution < -0.4 is 10.2 Å². The molecule has 1 aromatic heterocycles. The molecule has 0 saturated heterocycles. The average Bonchev–Trinajstić information content (AvgIpc) is 3.10. The van der Waals surface area contributed by atoms with Gasteiger partial charge in [0.05, 0.1) is 6.54 Å². The highest BCUT2D eigenvalue weighted by atomic mass is 16.1. The Morgan fingerprint density at radius 3 is 2.71 bits per heavy atom. The Bertz CT molecular complexity index is 825. The van der Waals surface area contributed by atoms with Gasteiger partial charge in [-0.05, 0) is 35.9 Å². The Balaban J connectivity index is 1.81. The third kappa shape index (κ3) is 3.63. The summed E-state index contributed by atoms with van der Waals surface area (Å²) < 4.78 is 1.83. The highest BCUT2D eigenvalue weighted by Crippen LogP contribution is 2.19. The van der Waals surface area contributed by atoms with Crippen LogP contribution in [0, 0.1) is 0 Å². The van der Waals surface area contributed by atoms with Gasteiger partial charge in [0.25, 0.3) is 5.91 Å². The monoisotopic (exact) mass is 320 g/mol. The molecular formula is C19H20N4O. The van der Waals surface area contributed by atoms with Crippen LogP contribution in [0.15, 0.2) is 67.0 Å². The predicted molar refractivity (Wildman–Crippen MR) is 96.5 cm³/mol. The number of benzene rings is 2. The summed E-state index contributed by atoms with van der Waals surface area (Å²) in [6, 6.07) is 17.2. The number of anilines is 2. The quantitative estimate of drug-likeness (QED) is 0.785. The normalized spacial score (nSPS) is 10.4. The van der Waals surface area contributed by atoms with Crippen LogP contribution in [0.25, 0.3) is 0 Å². The molecule has 24 heavy (non-hydrogen) atoms. The summed E-state index contributed by atoms with van der Waals surface area (Å²) in [6.45, 7) is 0.612. The van der Waals surface area contributed by atoms with E-state index in [-0.39, 0.29) is 5.91 Å². The summed E-state index contributed by atoms with van der Waals surface area (Å²) in [5.41, 5.74) is 3.44. The zero-order valence-corrected chi connectivity index (χ0v) is 13.8. The van der Waals surface area contributed by atoms with E-state index in [1.54, 1.807) is 6.20 Å². The van der Waals surface area contributed by atoms with Crippen LogP contribution in [0.4, 0.5) is 11.4 Å². The summed E-state index contributed by atoms with van der Waals surface area (Å²) in [7, 11) is 3.91. The molecule has 5 nitrogen and oxygen atoms in total. The van der Waals surface area contributed by atoms with Crippen molar-refractivity contribution in [1.29, 1.82) is 0 Å². The van der Waals surface area contributed by atoms with Gasteiger partial charge < -0.3 is 10.2 Å². The van der Waals surface area contributed by atoms with Crippen LogP contribution in [0.2, 0.25) is 0 Å². The number of nitrogens with one attached hydrogen (secondary N) is 1. The Kier molecular flexibility index (Phi) is 4.61. The summed E-state index contributed by atoms with van der Waals surface area (Å²) in [5, 5.41) is 7.23. The highest BCUT2D eigenvalue weighted by molar-refractivity contribution is 6.05. The van der Waals surface area contributed by atoms with E-state index in [2.05, 4.69) is 10.4 Å². The molecular weight excluding hydrogens is 300 g/mol. The molecule has 0 atom stereocenters. The van der Waals surface area contributed by atoms with E-state index >= 15 is 0 Å². The topological polar surface area (TPSA) is 50.2 Å². The van der Waals surface area contributed by atoms with Crippen LogP contribution in [-0.2, 0) is 6.54 Å². The van der Waals surface area contributed by atoms with Crippen LogP contribution in [0.5, 0.6) is 0 Å². The molecule has 0 saturated carbocycles. The average molecular weight is 320 g/mol. The summed E-state index contributed by atoms with van der Waals surface area (Å²) in [6.07, 6.45) is 3.65. The van der Waals surface area contributed by atoms with Crippen molar-refractivity contribution in [3.8, 4) is 0 Å². The maximum atomic E-state index is 12.6. The first-order valence-electron chi connectivity index (χ1n) is 7.77. The first-order chi connectivity index (χ1) is 11.6. The molecule has 0 fully saturated rings. The maximum Gasteiger partial charge on any atom is 0.255 e. The molecule has 0 spiro atoms. The lowest BCUT2D eigenvalue weighted by molar-refractivity contribution is 0.102. The fraction of sp³-hybridized carbons (Fsp3) is 0.158. The molecule has 0 aliphatic carbocycles. The second kappa shape index (κ2) is 7.00. The minimum Gasteiger partial charge on any atom is -0.378 e. The van der Waals surface area contributed by atoms with Crippen LogP contribution in [0.3, 0.4) is 0 Å². The summed E-state index contributed by atoms with van der Waals surface area (Å²) >= 11 is 0. The van der Waals surface area contributed by atoms with Crippen molar-refractivity contribution in [1.82, 2.24) is 9.78 Å². The number of hydrogen-bond acceptors (Lipinski definition) is 3. The zero-order valence-electron chi connectivity index (χ0n) is 13.8. The standard InChI is InChI=1S/C19H20N4O/c1-22(2)17-9-5-8-15(13-17)19(24)21-18-10-4-3-7-16(18)14-23-12-6-11-20-23/h3-13H,14H2,1-2H3,(H,21,24). The second-order valence-corrected chi connectivity index (χ2v) is 5.76. The molecule has 3 aromatic rings. The van der Waals surface area contributed by atoms with Crippen molar-refractivity contribution < 1.29 is 4.79 Å². The number of amides is 1. The molecule has 3 rings (SSSR count). The van der Waals surface area contributed by atoms with Gasteiger partial charge in [0.2, 0.25) is 0 Å². The predicted octanol–water partition coefficient (Wildman–Crippen LogP) is 3.25. The minimum absolute atomic E-state index is 0.119. The van der Waals surface area contributed by atoms with E-state index in [0.29, 0.717) is 12.1 Å². The molecule has 0 aliphatic rings. The molecule has 5 heteroatoms. The van der Waals surface area contributed by atoms with Crippen LogP contribution in [0.1, 0.15) is 15.9 Å². The summed E-state index contributed by atoms with van der Waals surface area (Å²) in [4.78, 5) is 14.6.